The van der Waals surface area contributed by atoms with Crippen molar-refractivity contribution >= 4 is 11.6 Å². The zero-order chi connectivity index (χ0) is 22.4. The number of hydrogen-bond acceptors (Lipinski definition) is 4. The van der Waals surface area contributed by atoms with Crippen LogP contribution in [0, 0.1) is 5.92 Å². The number of likely N-dealkylation sites (tertiary alicyclic amines) is 1. The van der Waals surface area contributed by atoms with Gasteiger partial charge in [-0.2, -0.15) is 0 Å². The van der Waals surface area contributed by atoms with E-state index in [4.69, 9.17) is 4.74 Å². The summed E-state index contributed by atoms with van der Waals surface area (Å²) >= 11 is 0. The van der Waals surface area contributed by atoms with E-state index in [1.807, 2.05) is 4.90 Å². The third kappa shape index (κ3) is 6.08. The van der Waals surface area contributed by atoms with E-state index in [9.17, 15) is 4.79 Å². The molecule has 1 aliphatic heterocycles. The van der Waals surface area contributed by atoms with Crippen molar-refractivity contribution in [1.29, 1.82) is 0 Å². The Morgan fingerprint density at radius 2 is 1.74 bits per heavy atom. The summed E-state index contributed by atoms with van der Waals surface area (Å²) in [7, 11) is 5.72. The van der Waals surface area contributed by atoms with Crippen LogP contribution >= 0.6 is 0 Å². The van der Waals surface area contributed by atoms with Crippen molar-refractivity contribution in [3.8, 4) is 0 Å². The lowest BCUT2D eigenvalue weighted by Crippen LogP contribution is -2.43. The molecule has 1 fully saturated rings. The van der Waals surface area contributed by atoms with Gasteiger partial charge in [0.1, 0.15) is 6.61 Å². The van der Waals surface area contributed by atoms with Gasteiger partial charge in [-0.1, -0.05) is 42.5 Å². The highest BCUT2D eigenvalue weighted by Crippen LogP contribution is 2.34. The molecule has 0 spiro atoms. The van der Waals surface area contributed by atoms with Crippen molar-refractivity contribution in [2.75, 3.05) is 52.3 Å². The van der Waals surface area contributed by atoms with Gasteiger partial charge in [0.2, 0.25) is 5.91 Å². The molecule has 2 unspecified atom stereocenters. The number of carbonyl (C=O) groups is 1. The van der Waals surface area contributed by atoms with E-state index in [-0.39, 0.29) is 18.6 Å². The maximum atomic E-state index is 12.7. The first-order valence-electron chi connectivity index (χ1n) is 11.2. The SMILES string of the molecule is COCC(=O)N(CC1CN(Cc2ccc(N(C)C)cc2)CC1c1ccccc1)C(C)C. The number of carbonyl (C=O) groups excluding carboxylic acids is 1. The average molecular weight is 424 g/mol. The average Bonchev–Trinajstić information content (AvgIpc) is 3.15. The molecule has 0 N–H and O–H groups in total. The van der Waals surface area contributed by atoms with Gasteiger partial charge in [0.25, 0.3) is 0 Å². The van der Waals surface area contributed by atoms with Gasteiger partial charge in [-0.3, -0.25) is 9.69 Å². The molecule has 1 heterocycles. The number of hydrogen-bond donors (Lipinski definition) is 0. The lowest BCUT2D eigenvalue weighted by Gasteiger charge is -2.31. The molecule has 2 aromatic rings. The molecule has 5 heteroatoms. The summed E-state index contributed by atoms with van der Waals surface area (Å²) in [5.41, 5.74) is 3.91. The van der Waals surface area contributed by atoms with Crippen molar-refractivity contribution in [2.24, 2.45) is 5.92 Å². The number of methoxy groups -OCH3 is 1. The molecule has 2 atom stereocenters. The van der Waals surface area contributed by atoms with Crippen molar-refractivity contribution in [3.63, 3.8) is 0 Å². The zero-order valence-electron chi connectivity index (χ0n) is 19.6. The highest BCUT2D eigenvalue weighted by Gasteiger charge is 2.36. The van der Waals surface area contributed by atoms with E-state index < -0.39 is 0 Å². The predicted octanol–water partition coefficient (Wildman–Crippen LogP) is 3.85. The number of anilines is 1. The van der Waals surface area contributed by atoms with Gasteiger partial charge in [0.15, 0.2) is 0 Å². The Kier molecular flexibility index (Phi) is 8.10. The molecular weight excluding hydrogens is 386 g/mol. The fraction of sp³-hybridized carbons (Fsp3) is 0.500. The van der Waals surface area contributed by atoms with Crippen molar-refractivity contribution in [3.05, 3.63) is 65.7 Å². The lowest BCUT2D eigenvalue weighted by atomic mass is 9.88. The van der Waals surface area contributed by atoms with E-state index in [0.717, 1.165) is 26.2 Å². The number of nitrogens with zero attached hydrogens (tertiary/aromatic N) is 3. The molecule has 2 aromatic carbocycles. The number of benzene rings is 2. The van der Waals surface area contributed by atoms with Crippen molar-refractivity contribution < 1.29 is 9.53 Å². The quantitative estimate of drug-likeness (QED) is 0.614. The third-order valence-electron chi connectivity index (χ3n) is 6.25. The molecule has 1 amide bonds. The normalized spacial score (nSPS) is 19.0. The molecule has 1 saturated heterocycles. The van der Waals surface area contributed by atoms with Crippen LogP contribution in [0.2, 0.25) is 0 Å². The van der Waals surface area contributed by atoms with Crippen LogP contribution in [-0.4, -0.2) is 69.2 Å². The Morgan fingerprint density at radius 3 is 2.32 bits per heavy atom. The molecule has 0 aromatic heterocycles. The van der Waals surface area contributed by atoms with E-state index >= 15 is 0 Å². The molecule has 0 bridgehead atoms. The number of amides is 1. The topological polar surface area (TPSA) is 36.0 Å². The van der Waals surface area contributed by atoms with E-state index in [1.54, 1.807) is 7.11 Å². The summed E-state index contributed by atoms with van der Waals surface area (Å²) in [6, 6.07) is 19.7. The van der Waals surface area contributed by atoms with Crippen LogP contribution in [0.5, 0.6) is 0 Å². The Balaban J connectivity index is 1.76. The Labute approximate surface area is 187 Å². The second-order valence-corrected chi connectivity index (χ2v) is 9.11. The monoisotopic (exact) mass is 423 g/mol. The molecule has 3 rings (SSSR count). The van der Waals surface area contributed by atoms with Crippen LogP contribution in [0.15, 0.2) is 54.6 Å². The number of ether oxygens (including phenoxy) is 1. The molecule has 0 aliphatic carbocycles. The van der Waals surface area contributed by atoms with Crippen LogP contribution in [-0.2, 0) is 16.1 Å². The van der Waals surface area contributed by atoms with Gasteiger partial charge in [-0.05, 0) is 43.0 Å². The van der Waals surface area contributed by atoms with Crippen LogP contribution < -0.4 is 4.90 Å². The Bertz CT molecular complexity index is 820. The van der Waals surface area contributed by atoms with Gasteiger partial charge >= 0.3 is 0 Å². The Morgan fingerprint density at radius 1 is 1.06 bits per heavy atom. The largest absolute Gasteiger partial charge is 0.378 e. The van der Waals surface area contributed by atoms with Gasteiger partial charge < -0.3 is 14.5 Å². The predicted molar refractivity (Wildman–Crippen MR) is 127 cm³/mol. The zero-order valence-corrected chi connectivity index (χ0v) is 19.6. The highest BCUT2D eigenvalue weighted by molar-refractivity contribution is 5.77. The third-order valence-corrected chi connectivity index (χ3v) is 6.25. The lowest BCUT2D eigenvalue weighted by molar-refractivity contribution is -0.137. The highest BCUT2D eigenvalue weighted by atomic mass is 16.5. The molecular formula is C26H37N3O2. The van der Waals surface area contributed by atoms with Gasteiger partial charge in [0, 0.05) is 65.0 Å². The van der Waals surface area contributed by atoms with Gasteiger partial charge in [-0.25, -0.2) is 0 Å². The van der Waals surface area contributed by atoms with Gasteiger partial charge in [-0.15, -0.1) is 0 Å². The summed E-state index contributed by atoms with van der Waals surface area (Å²) in [5.74, 6) is 0.882. The summed E-state index contributed by atoms with van der Waals surface area (Å²) < 4.78 is 5.13. The molecule has 1 aliphatic rings. The van der Waals surface area contributed by atoms with E-state index in [1.165, 1.54) is 16.8 Å². The summed E-state index contributed by atoms with van der Waals surface area (Å²) in [4.78, 5) is 19.3. The first-order chi connectivity index (χ1) is 14.9. The first-order valence-corrected chi connectivity index (χ1v) is 11.2. The molecule has 0 saturated carbocycles. The smallest absolute Gasteiger partial charge is 0.248 e. The summed E-state index contributed by atoms with van der Waals surface area (Å²) in [6.07, 6.45) is 0. The fourth-order valence-electron chi connectivity index (χ4n) is 4.57. The Hall–Kier alpha value is -2.37. The van der Waals surface area contributed by atoms with Crippen molar-refractivity contribution in [1.82, 2.24) is 9.80 Å². The second-order valence-electron chi connectivity index (χ2n) is 9.11. The van der Waals surface area contributed by atoms with E-state index in [0.29, 0.717) is 11.8 Å². The molecule has 168 valence electrons. The molecule has 0 radical (unpaired) electrons. The van der Waals surface area contributed by atoms with Crippen LogP contribution in [0.1, 0.15) is 30.9 Å². The minimum Gasteiger partial charge on any atom is -0.378 e. The standard InChI is InChI=1S/C26H37N3O2/c1-20(2)29(26(30)19-31-5)17-23-16-28(18-25(23)22-9-7-6-8-10-22)15-21-11-13-24(14-12-21)27(3)4/h6-14,20,23,25H,15-19H2,1-5H3. The minimum absolute atomic E-state index is 0.0713. The fourth-order valence-corrected chi connectivity index (χ4v) is 4.57. The summed E-state index contributed by atoms with van der Waals surface area (Å²) in [5, 5.41) is 0. The maximum Gasteiger partial charge on any atom is 0.248 e. The van der Waals surface area contributed by atoms with Crippen LogP contribution in [0.4, 0.5) is 5.69 Å². The summed E-state index contributed by atoms with van der Waals surface area (Å²) in [6.45, 7) is 8.00. The van der Waals surface area contributed by atoms with E-state index in [2.05, 4.69) is 92.3 Å². The van der Waals surface area contributed by atoms with Gasteiger partial charge in [0.05, 0.1) is 0 Å². The van der Waals surface area contributed by atoms with Crippen LogP contribution in [0.3, 0.4) is 0 Å². The first kappa shape index (κ1) is 23.3. The minimum atomic E-state index is 0.0713. The molecule has 5 nitrogen and oxygen atoms in total. The van der Waals surface area contributed by atoms with Crippen molar-refractivity contribution in [2.45, 2.75) is 32.4 Å². The maximum absolute atomic E-state index is 12.7. The van der Waals surface area contributed by atoms with Crippen LogP contribution in [0.25, 0.3) is 0 Å². The number of rotatable bonds is 9. The molecule has 31 heavy (non-hydrogen) atoms. The second kappa shape index (κ2) is 10.8.